The number of aromatic nitrogens is 2. The maximum absolute atomic E-state index is 12.0. The van der Waals surface area contributed by atoms with Gasteiger partial charge in [-0.05, 0) is 34.9 Å². The number of primary amides is 1. The number of carbonyl (C=O) groups is 1. The molecule has 0 unspecified atom stereocenters. The summed E-state index contributed by atoms with van der Waals surface area (Å²) < 4.78 is 0. The zero-order valence-electron chi connectivity index (χ0n) is 14.0. The third-order valence-corrected chi connectivity index (χ3v) is 4.24. The molecule has 4 nitrogen and oxygen atoms in total. The Morgan fingerprint density at radius 3 is 2.19 bits per heavy atom. The quantitative estimate of drug-likeness (QED) is 0.545. The number of imidazole rings is 1. The molecule has 0 aliphatic carbocycles. The first-order valence-electron chi connectivity index (χ1n) is 8.33. The van der Waals surface area contributed by atoms with Crippen LogP contribution in [0, 0.1) is 0 Å². The average molecular weight is 339 g/mol. The molecule has 0 saturated carbocycles. The Morgan fingerprint density at radius 1 is 0.846 bits per heavy atom. The number of rotatable bonds is 4. The topological polar surface area (TPSA) is 71.8 Å². The molecule has 4 aromatic rings. The average Bonchev–Trinajstić information content (AvgIpc) is 3.11. The number of nitrogens with two attached hydrogens (primary N) is 1. The van der Waals surface area contributed by atoms with Crippen molar-refractivity contribution in [2.45, 2.75) is 0 Å². The number of hydrogen-bond donors (Lipinski definition) is 2. The Balaban J connectivity index is 1.70. The molecule has 126 valence electrons. The Bertz CT molecular complexity index is 1060. The van der Waals surface area contributed by atoms with Crippen LogP contribution in [0.3, 0.4) is 0 Å². The normalized spacial score (nSPS) is 11.6. The van der Waals surface area contributed by atoms with E-state index in [2.05, 4.69) is 22.1 Å². The minimum absolute atomic E-state index is 0.355. The fourth-order valence-corrected chi connectivity index (χ4v) is 2.91. The molecule has 3 N–H and O–H groups in total. The van der Waals surface area contributed by atoms with Crippen LogP contribution in [0.1, 0.15) is 11.4 Å². The zero-order valence-corrected chi connectivity index (χ0v) is 14.0. The first kappa shape index (κ1) is 15.8. The van der Waals surface area contributed by atoms with Gasteiger partial charge in [-0.1, -0.05) is 66.7 Å². The van der Waals surface area contributed by atoms with Crippen molar-refractivity contribution in [1.82, 2.24) is 9.97 Å². The van der Waals surface area contributed by atoms with Crippen LogP contribution in [0.4, 0.5) is 0 Å². The number of amides is 1. The van der Waals surface area contributed by atoms with E-state index in [4.69, 9.17) is 5.73 Å². The van der Waals surface area contributed by atoms with Crippen molar-refractivity contribution >= 4 is 28.6 Å². The molecule has 0 spiro atoms. The van der Waals surface area contributed by atoms with Crippen LogP contribution in [0.5, 0.6) is 0 Å². The number of nitrogens with one attached hydrogen (secondary N) is 1. The molecule has 1 amide bonds. The first-order chi connectivity index (χ1) is 12.7. The number of para-hydroxylation sites is 2. The standard InChI is InChI=1S/C22H17N3O/c23-21(26)18(22-24-19-8-4-5-9-20(19)25-22)14-15-10-12-17(13-11-15)16-6-2-1-3-7-16/h1-14H,(H2,23,26)(H,24,25). The molecular weight excluding hydrogens is 322 g/mol. The van der Waals surface area contributed by atoms with Crippen LogP contribution in [-0.2, 0) is 4.79 Å². The van der Waals surface area contributed by atoms with Gasteiger partial charge in [-0.2, -0.15) is 0 Å². The summed E-state index contributed by atoms with van der Waals surface area (Å²) in [6, 6.07) is 25.8. The molecule has 1 heterocycles. The fraction of sp³-hybridized carbons (Fsp3) is 0. The molecule has 0 aliphatic rings. The number of nitrogens with zero attached hydrogens (tertiary/aromatic N) is 1. The number of carbonyl (C=O) groups excluding carboxylic acids is 1. The van der Waals surface area contributed by atoms with E-state index >= 15 is 0 Å². The number of aromatic amines is 1. The molecule has 1 aromatic heterocycles. The Kier molecular flexibility index (Phi) is 4.07. The van der Waals surface area contributed by atoms with Crippen molar-refractivity contribution in [2.75, 3.05) is 0 Å². The lowest BCUT2D eigenvalue weighted by atomic mass is 10.0. The molecule has 4 heteroatoms. The van der Waals surface area contributed by atoms with Crippen molar-refractivity contribution < 1.29 is 4.79 Å². The van der Waals surface area contributed by atoms with Crippen molar-refractivity contribution in [1.29, 1.82) is 0 Å². The Morgan fingerprint density at radius 2 is 1.50 bits per heavy atom. The van der Waals surface area contributed by atoms with E-state index in [-0.39, 0.29) is 0 Å². The fourth-order valence-electron chi connectivity index (χ4n) is 2.91. The van der Waals surface area contributed by atoms with E-state index in [9.17, 15) is 4.79 Å². The third kappa shape index (κ3) is 3.13. The van der Waals surface area contributed by atoms with Crippen LogP contribution in [0.25, 0.3) is 33.8 Å². The molecule has 0 fully saturated rings. The van der Waals surface area contributed by atoms with E-state index in [0.717, 1.165) is 27.7 Å². The second-order valence-corrected chi connectivity index (χ2v) is 6.01. The molecular formula is C22H17N3O. The number of H-pyrrole nitrogens is 1. The molecule has 0 atom stereocenters. The van der Waals surface area contributed by atoms with Crippen LogP contribution in [0.15, 0.2) is 78.9 Å². The van der Waals surface area contributed by atoms with Gasteiger partial charge in [-0.3, -0.25) is 4.79 Å². The van der Waals surface area contributed by atoms with E-state index in [0.29, 0.717) is 11.4 Å². The van der Waals surface area contributed by atoms with Gasteiger partial charge in [0.25, 0.3) is 5.91 Å². The second kappa shape index (κ2) is 6.69. The summed E-state index contributed by atoms with van der Waals surface area (Å²) in [5, 5.41) is 0. The summed E-state index contributed by atoms with van der Waals surface area (Å²) in [4.78, 5) is 19.6. The number of benzene rings is 3. The summed E-state index contributed by atoms with van der Waals surface area (Å²) in [5.74, 6) is -0.0398. The van der Waals surface area contributed by atoms with Gasteiger partial charge in [0.1, 0.15) is 5.82 Å². The SMILES string of the molecule is NC(=O)C(=Cc1ccc(-c2ccccc2)cc1)c1nc2ccccc2[nH]1. The van der Waals surface area contributed by atoms with E-state index in [1.54, 1.807) is 6.08 Å². The molecule has 0 aliphatic heterocycles. The highest BCUT2D eigenvalue weighted by Crippen LogP contribution is 2.22. The maximum Gasteiger partial charge on any atom is 0.252 e. The largest absolute Gasteiger partial charge is 0.365 e. The van der Waals surface area contributed by atoms with Crippen LogP contribution < -0.4 is 5.73 Å². The zero-order chi connectivity index (χ0) is 17.9. The van der Waals surface area contributed by atoms with Gasteiger partial charge >= 0.3 is 0 Å². The van der Waals surface area contributed by atoms with Gasteiger partial charge in [0.05, 0.1) is 16.6 Å². The van der Waals surface area contributed by atoms with Gasteiger partial charge in [0, 0.05) is 0 Å². The molecule has 26 heavy (non-hydrogen) atoms. The third-order valence-electron chi connectivity index (χ3n) is 4.24. The molecule has 0 saturated heterocycles. The Hall–Kier alpha value is -3.66. The first-order valence-corrected chi connectivity index (χ1v) is 8.33. The second-order valence-electron chi connectivity index (χ2n) is 6.01. The predicted octanol–water partition coefficient (Wildman–Crippen LogP) is 4.26. The smallest absolute Gasteiger partial charge is 0.252 e. The molecule has 0 bridgehead atoms. The highest BCUT2D eigenvalue weighted by molar-refractivity contribution is 6.22. The minimum Gasteiger partial charge on any atom is -0.365 e. The minimum atomic E-state index is -0.517. The van der Waals surface area contributed by atoms with Crippen LogP contribution >= 0.6 is 0 Å². The molecule has 3 aromatic carbocycles. The summed E-state index contributed by atoms with van der Waals surface area (Å²) in [7, 11) is 0. The van der Waals surface area contributed by atoms with Crippen molar-refractivity contribution in [3.63, 3.8) is 0 Å². The van der Waals surface area contributed by atoms with Gasteiger partial charge in [0.15, 0.2) is 0 Å². The summed E-state index contributed by atoms with van der Waals surface area (Å²) in [6.07, 6.45) is 1.76. The summed E-state index contributed by atoms with van der Waals surface area (Å²) in [6.45, 7) is 0. The number of fused-ring (bicyclic) bond motifs is 1. The summed E-state index contributed by atoms with van der Waals surface area (Å²) in [5.41, 5.74) is 10.8. The lowest BCUT2D eigenvalue weighted by Crippen LogP contribution is -2.13. The van der Waals surface area contributed by atoms with Gasteiger partial charge in [0.2, 0.25) is 0 Å². The lowest BCUT2D eigenvalue weighted by Gasteiger charge is -2.03. The van der Waals surface area contributed by atoms with Gasteiger partial charge in [-0.15, -0.1) is 0 Å². The van der Waals surface area contributed by atoms with Crippen LogP contribution in [0.2, 0.25) is 0 Å². The van der Waals surface area contributed by atoms with Crippen LogP contribution in [-0.4, -0.2) is 15.9 Å². The van der Waals surface area contributed by atoms with Crippen molar-refractivity contribution in [2.24, 2.45) is 5.73 Å². The Labute approximate surface area is 151 Å². The predicted molar refractivity (Wildman–Crippen MR) is 105 cm³/mol. The monoisotopic (exact) mass is 339 g/mol. The highest BCUT2D eigenvalue weighted by Gasteiger charge is 2.13. The van der Waals surface area contributed by atoms with E-state index < -0.39 is 5.91 Å². The molecule has 0 radical (unpaired) electrons. The van der Waals surface area contributed by atoms with Crippen molar-refractivity contribution in [3.8, 4) is 11.1 Å². The van der Waals surface area contributed by atoms with E-state index in [1.165, 1.54) is 0 Å². The molecule has 4 rings (SSSR count). The maximum atomic E-state index is 12.0. The van der Waals surface area contributed by atoms with Gasteiger partial charge < -0.3 is 10.7 Å². The van der Waals surface area contributed by atoms with Gasteiger partial charge in [-0.25, -0.2) is 4.98 Å². The highest BCUT2D eigenvalue weighted by atomic mass is 16.1. The van der Waals surface area contributed by atoms with E-state index in [1.807, 2.05) is 66.7 Å². The number of hydrogen-bond acceptors (Lipinski definition) is 2. The van der Waals surface area contributed by atoms with Crippen molar-refractivity contribution in [3.05, 3.63) is 90.3 Å². The lowest BCUT2D eigenvalue weighted by molar-refractivity contribution is -0.112. The summed E-state index contributed by atoms with van der Waals surface area (Å²) >= 11 is 0.